The standard InChI is InChI=1S/C14H9NOS2/c16-13-12(18-14(17)15-13)8-10-7-6-9-4-2-1-3-5-11(9)10/h1-8H,(H,15,16,17)/b12-8-. The van der Waals surface area contributed by atoms with Gasteiger partial charge in [0.2, 0.25) is 0 Å². The van der Waals surface area contributed by atoms with Crippen LogP contribution in [0.1, 0.15) is 5.56 Å². The number of amides is 1. The molecule has 1 fully saturated rings. The van der Waals surface area contributed by atoms with Crippen LogP contribution in [0.2, 0.25) is 0 Å². The molecule has 18 heavy (non-hydrogen) atoms. The van der Waals surface area contributed by atoms with Crippen LogP contribution in [0.3, 0.4) is 0 Å². The van der Waals surface area contributed by atoms with Gasteiger partial charge in [-0.1, -0.05) is 66.4 Å². The number of nitrogens with one attached hydrogen (secondary N) is 1. The molecule has 1 saturated heterocycles. The minimum atomic E-state index is -0.111. The Bertz CT molecular complexity index is 648. The average Bonchev–Trinajstić information content (AvgIpc) is 2.75. The summed E-state index contributed by atoms with van der Waals surface area (Å²) in [5.41, 5.74) is 3.35. The van der Waals surface area contributed by atoms with E-state index in [1.165, 1.54) is 11.8 Å². The molecule has 4 heteroatoms. The smallest absolute Gasteiger partial charge is 0.263 e. The van der Waals surface area contributed by atoms with Crippen LogP contribution in [0.4, 0.5) is 0 Å². The Balaban J connectivity index is 2.05. The van der Waals surface area contributed by atoms with Gasteiger partial charge in [0.1, 0.15) is 4.32 Å². The van der Waals surface area contributed by atoms with Gasteiger partial charge in [-0.3, -0.25) is 4.79 Å². The molecule has 0 unspecified atom stereocenters. The van der Waals surface area contributed by atoms with Crippen molar-refractivity contribution in [3.63, 3.8) is 0 Å². The Morgan fingerprint density at radius 3 is 2.72 bits per heavy atom. The molecule has 1 heterocycles. The third-order valence-electron chi connectivity index (χ3n) is 2.75. The van der Waals surface area contributed by atoms with Crippen molar-refractivity contribution in [3.8, 4) is 11.1 Å². The van der Waals surface area contributed by atoms with E-state index in [9.17, 15) is 4.79 Å². The molecule has 0 radical (unpaired) electrons. The van der Waals surface area contributed by atoms with Crippen LogP contribution in [0.15, 0.2) is 47.4 Å². The molecule has 1 aliphatic heterocycles. The van der Waals surface area contributed by atoms with Gasteiger partial charge in [-0.25, -0.2) is 0 Å². The van der Waals surface area contributed by atoms with E-state index in [0.29, 0.717) is 9.23 Å². The second-order valence-corrected chi connectivity index (χ2v) is 5.64. The molecule has 2 nitrogen and oxygen atoms in total. The normalized spacial score (nSPS) is 17.4. The molecule has 0 bridgehead atoms. The van der Waals surface area contributed by atoms with Crippen LogP contribution in [0.25, 0.3) is 17.2 Å². The minimum Gasteiger partial charge on any atom is -0.307 e. The molecule has 0 spiro atoms. The zero-order chi connectivity index (χ0) is 12.5. The quantitative estimate of drug-likeness (QED) is 0.637. The maximum absolute atomic E-state index is 11.6. The minimum absolute atomic E-state index is 0.111. The van der Waals surface area contributed by atoms with Crippen molar-refractivity contribution in [2.75, 3.05) is 0 Å². The van der Waals surface area contributed by atoms with E-state index >= 15 is 0 Å². The fraction of sp³-hybridized carbons (Fsp3) is 0. The van der Waals surface area contributed by atoms with E-state index in [1.54, 1.807) is 0 Å². The molecule has 3 rings (SSSR count). The first-order chi connectivity index (χ1) is 8.74. The van der Waals surface area contributed by atoms with Crippen molar-refractivity contribution in [1.82, 2.24) is 5.32 Å². The Labute approximate surface area is 114 Å². The topological polar surface area (TPSA) is 29.1 Å². The second kappa shape index (κ2) is 4.55. The maximum atomic E-state index is 11.6. The largest absolute Gasteiger partial charge is 0.307 e. The van der Waals surface area contributed by atoms with Crippen LogP contribution in [0, 0.1) is 0 Å². The van der Waals surface area contributed by atoms with Crippen molar-refractivity contribution in [1.29, 1.82) is 0 Å². The number of thiocarbonyl (C=S) groups is 1. The maximum Gasteiger partial charge on any atom is 0.263 e. The average molecular weight is 271 g/mol. The van der Waals surface area contributed by atoms with Crippen molar-refractivity contribution < 1.29 is 4.79 Å². The Kier molecular flexibility index (Phi) is 2.89. The Hall–Kier alpha value is -1.65. The van der Waals surface area contributed by atoms with Crippen LogP contribution in [0.5, 0.6) is 0 Å². The molecule has 0 aromatic rings. The molecule has 3 aliphatic rings. The summed E-state index contributed by atoms with van der Waals surface area (Å²) in [6, 6.07) is 14.2. The molecule has 1 N–H and O–H groups in total. The number of carbonyl (C=O) groups is 1. The third-order valence-corrected chi connectivity index (χ3v) is 3.92. The second-order valence-electron chi connectivity index (χ2n) is 3.92. The number of fused-ring (bicyclic) bond motifs is 1. The first-order valence-electron chi connectivity index (χ1n) is 5.47. The van der Waals surface area contributed by atoms with Gasteiger partial charge in [-0.05, 0) is 22.8 Å². The first-order valence-corrected chi connectivity index (χ1v) is 6.69. The lowest BCUT2D eigenvalue weighted by Crippen LogP contribution is -2.17. The monoisotopic (exact) mass is 271 g/mol. The number of carbonyl (C=O) groups excluding carboxylic acids is 1. The van der Waals surface area contributed by atoms with Crippen molar-refractivity contribution in [2.24, 2.45) is 0 Å². The van der Waals surface area contributed by atoms with Crippen LogP contribution in [-0.2, 0) is 4.79 Å². The zero-order valence-electron chi connectivity index (χ0n) is 9.34. The Morgan fingerprint density at radius 2 is 1.94 bits per heavy atom. The highest BCUT2D eigenvalue weighted by Gasteiger charge is 2.22. The zero-order valence-corrected chi connectivity index (χ0v) is 11.0. The summed E-state index contributed by atoms with van der Waals surface area (Å²) in [7, 11) is 0. The number of thioether (sulfide) groups is 1. The van der Waals surface area contributed by atoms with E-state index in [4.69, 9.17) is 12.2 Å². The molecule has 88 valence electrons. The van der Waals surface area contributed by atoms with E-state index in [2.05, 4.69) is 23.5 Å². The fourth-order valence-corrected chi connectivity index (χ4v) is 2.96. The predicted molar refractivity (Wildman–Crippen MR) is 79.4 cm³/mol. The molecular weight excluding hydrogens is 262 g/mol. The van der Waals surface area contributed by atoms with Crippen molar-refractivity contribution >= 4 is 40.3 Å². The van der Waals surface area contributed by atoms with E-state index in [-0.39, 0.29) is 5.91 Å². The predicted octanol–water partition coefficient (Wildman–Crippen LogP) is 3.28. The van der Waals surface area contributed by atoms with Crippen LogP contribution >= 0.6 is 24.0 Å². The van der Waals surface area contributed by atoms with E-state index < -0.39 is 0 Å². The van der Waals surface area contributed by atoms with Crippen LogP contribution in [-0.4, -0.2) is 10.2 Å². The van der Waals surface area contributed by atoms with Gasteiger partial charge in [0.15, 0.2) is 0 Å². The lowest BCUT2D eigenvalue weighted by atomic mass is 10.1. The summed E-state index contributed by atoms with van der Waals surface area (Å²) in [6.07, 6.45) is 1.89. The van der Waals surface area contributed by atoms with Crippen LogP contribution < -0.4 is 5.32 Å². The van der Waals surface area contributed by atoms with Gasteiger partial charge in [0.05, 0.1) is 4.91 Å². The first kappa shape index (κ1) is 11.4. The van der Waals surface area contributed by atoms with Gasteiger partial charge in [-0.15, -0.1) is 0 Å². The SMILES string of the molecule is O=C1NC(=S)S/C1=C\c1ccc2cccccc1-2. The fourth-order valence-electron chi connectivity index (χ4n) is 1.93. The summed E-state index contributed by atoms with van der Waals surface area (Å²) in [4.78, 5) is 12.3. The molecule has 0 atom stereocenters. The molecule has 1 amide bonds. The van der Waals surface area contributed by atoms with Crippen molar-refractivity contribution in [2.45, 2.75) is 0 Å². The number of hydrogen-bond acceptors (Lipinski definition) is 3. The summed E-state index contributed by atoms with van der Waals surface area (Å²) < 4.78 is 0.521. The third kappa shape index (κ3) is 2.05. The Morgan fingerprint density at radius 1 is 1.11 bits per heavy atom. The number of rotatable bonds is 1. The summed E-state index contributed by atoms with van der Waals surface area (Å²) in [6.45, 7) is 0. The molecule has 0 saturated carbocycles. The highest BCUT2D eigenvalue weighted by atomic mass is 32.2. The van der Waals surface area contributed by atoms with Crippen molar-refractivity contribution in [3.05, 3.63) is 52.9 Å². The van der Waals surface area contributed by atoms with Gasteiger partial charge in [0.25, 0.3) is 5.91 Å². The van der Waals surface area contributed by atoms with E-state index in [1.807, 2.05) is 30.3 Å². The summed E-state index contributed by atoms with van der Waals surface area (Å²) in [5.74, 6) is -0.111. The number of hydrogen-bond donors (Lipinski definition) is 1. The van der Waals surface area contributed by atoms with Gasteiger partial charge < -0.3 is 5.32 Å². The molecular formula is C14H9NOS2. The molecule has 0 aromatic heterocycles. The van der Waals surface area contributed by atoms with Gasteiger partial charge >= 0.3 is 0 Å². The highest BCUT2D eigenvalue weighted by Crippen LogP contribution is 2.32. The molecule has 0 aromatic carbocycles. The highest BCUT2D eigenvalue weighted by molar-refractivity contribution is 8.26. The van der Waals surface area contributed by atoms with Gasteiger partial charge in [-0.2, -0.15) is 0 Å². The molecule has 2 aliphatic carbocycles. The van der Waals surface area contributed by atoms with Gasteiger partial charge in [0, 0.05) is 0 Å². The lowest BCUT2D eigenvalue weighted by Gasteiger charge is -1.96. The van der Waals surface area contributed by atoms with E-state index in [0.717, 1.165) is 16.7 Å². The summed E-state index contributed by atoms with van der Waals surface area (Å²) in [5, 5.41) is 2.62. The summed E-state index contributed by atoms with van der Waals surface area (Å²) >= 11 is 6.28. The lowest BCUT2D eigenvalue weighted by molar-refractivity contribution is -0.115.